The zero-order valence-electron chi connectivity index (χ0n) is 17.3. The molecule has 1 fully saturated rings. The summed E-state index contributed by atoms with van der Waals surface area (Å²) in [6.07, 6.45) is -0.175. The second-order valence-corrected chi connectivity index (χ2v) is 10.8. The van der Waals surface area contributed by atoms with Gasteiger partial charge in [0.15, 0.2) is 6.10 Å². The first-order chi connectivity index (χ1) is 14.8. The summed E-state index contributed by atoms with van der Waals surface area (Å²) in [7, 11) is -3.52. The molecule has 1 atom stereocenters. The van der Waals surface area contributed by atoms with E-state index in [0.717, 1.165) is 16.6 Å². The Labute approximate surface area is 185 Å². The van der Waals surface area contributed by atoms with Crippen LogP contribution >= 0.6 is 11.3 Å². The molecular formula is C22H24N2O5S2. The van der Waals surface area contributed by atoms with E-state index in [2.05, 4.69) is 4.98 Å². The number of carbonyl (C=O) groups is 2. The van der Waals surface area contributed by atoms with Crippen molar-refractivity contribution in [1.82, 2.24) is 9.29 Å². The van der Waals surface area contributed by atoms with E-state index in [4.69, 9.17) is 4.74 Å². The maximum Gasteiger partial charge on any atom is 0.309 e. The van der Waals surface area contributed by atoms with Crippen LogP contribution in [0.15, 0.2) is 46.0 Å². The van der Waals surface area contributed by atoms with Gasteiger partial charge in [0.1, 0.15) is 4.21 Å². The van der Waals surface area contributed by atoms with Gasteiger partial charge in [-0.25, -0.2) is 8.42 Å². The molecule has 1 unspecified atom stereocenters. The largest absolute Gasteiger partial charge is 0.454 e. The van der Waals surface area contributed by atoms with Crippen LogP contribution in [0.25, 0.3) is 10.9 Å². The number of nitrogens with zero attached hydrogens (tertiary/aromatic N) is 1. The van der Waals surface area contributed by atoms with Crippen molar-refractivity contribution in [3.8, 4) is 0 Å². The molecule has 164 valence electrons. The first kappa shape index (κ1) is 21.7. The SMILES string of the molecule is Cc1[nH]c2ccccc2c1C(=O)C(C)OC(=O)C1CCN(S(=O)(=O)c2cccs2)CC1. The van der Waals surface area contributed by atoms with Gasteiger partial charge in [0, 0.05) is 35.2 Å². The number of fused-ring (bicyclic) bond motifs is 1. The summed E-state index contributed by atoms with van der Waals surface area (Å²) in [6.45, 7) is 3.91. The molecule has 1 saturated heterocycles. The summed E-state index contributed by atoms with van der Waals surface area (Å²) in [5.41, 5.74) is 2.13. The fourth-order valence-electron chi connectivity index (χ4n) is 3.99. The van der Waals surface area contributed by atoms with E-state index in [1.807, 2.05) is 31.2 Å². The van der Waals surface area contributed by atoms with Crippen LogP contribution in [-0.4, -0.2) is 48.7 Å². The molecule has 1 aliphatic heterocycles. The molecule has 1 aliphatic rings. The van der Waals surface area contributed by atoms with Crippen molar-refractivity contribution in [1.29, 1.82) is 0 Å². The van der Waals surface area contributed by atoms with Gasteiger partial charge in [0.25, 0.3) is 10.0 Å². The summed E-state index contributed by atoms with van der Waals surface area (Å²) in [5.74, 6) is -1.12. The Morgan fingerprint density at radius 3 is 2.55 bits per heavy atom. The molecule has 9 heteroatoms. The molecule has 2 aromatic heterocycles. The molecule has 7 nitrogen and oxygen atoms in total. The number of carbonyl (C=O) groups excluding carboxylic acids is 2. The van der Waals surface area contributed by atoms with Crippen molar-refractivity contribution < 1.29 is 22.7 Å². The standard InChI is InChI=1S/C22H24N2O5S2/c1-14-20(17-6-3-4-7-18(17)23-14)21(25)15(2)29-22(26)16-9-11-24(12-10-16)31(27,28)19-8-5-13-30-19/h3-8,13,15-16,23H,9-12H2,1-2H3. The van der Waals surface area contributed by atoms with Gasteiger partial charge in [-0.05, 0) is 44.2 Å². The van der Waals surface area contributed by atoms with Gasteiger partial charge in [-0.1, -0.05) is 24.3 Å². The second kappa shape index (κ2) is 8.57. The molecule has 3 heterocycles. The molecule has 0 aliphatic carbocycles. The molecule has 1 aromatic carbocycles. The first-order valence-corrected chi connectivity index (χ1v) is 12.5. The van der Waals surface area contributed by atoms with Crippen molar-refractivity contribution in [2.75, 3.05) is 13.1 Å². The Balaban J connectivity index is 1.39. The van der Waals surface area contributed by atoms with Gasteiger partial charge in [0.05, 0.1) is 5.92 Å². The van der Waals surface area contributed by atoms with Crippen LogP contribution in [0.5, 0.6) is 0 Å². The lowest BCUT2D eigenvalue weighted by Crippen LogP contribution is -2.41. The highest BCUT2D eigenvalue weighted by atomic mass is 32.2. The molecule has 0 amide bonds. The predicted octanol–water partition coefficient (Wildman–Crippen LogP) is 3.75. The number of aromatic nitrogens is 1. The number of para-hydroxylation sites is 1. The van der Waals surface area contributed by atoms with Crippen LogP contribution < -0.4 is 0 Å². The highest BCUT2D eigenvalue weighted by molar-refractivity contribution is 7.91. The van der Waals surface area contributed by atoms with Gasteiger partial charge >= 0.3 is 5.97 Å². The number of hydrogen-bond donors (Lipinski definition) is 1. The summed E-state index contributed by atoms with van der Waals surface area (Å²) in [6, 6.07) is 10.8. The zero-order chi connectivity index (χ0) is 22.2. The lowest BCUT2D eigenvalue weighted by atomic mass is 9.98. The van der Waals surface area contributed by atoms with Gasteiger partial charge in [-0.15, -0.1) is 11.3 Å². The number of ketones is 1. The van der Waals surface area contributed by atoms with Crippen LogP contribution in [0.2, 0.25) is 0 Å². The number of H-pyrrole nitrogens is 1. The van der Waals surface area contributed by atoms with Crippen molar-refractivity contribution in [3.05, 3.63) is 53.0 Å². The lowest BCUT2D eigenvalue weighted by Gasteiger charge is -2.30. The third-order valence-corrected chi connectivity index (χ3v) is 8.95. The smallest absolute Gasteiger partial charge is 0.309 e. The number of esters is 1. The number of thiophene rings is 1. The molecule has 0 saturated carbocycles. The second-order valence-electron chi connectivity index (χ2n) is 7.72. The Morgan fingerprint density at radius 2 is 1.87 bits per heavy atom. The zero-order valence-corrected chi connectivity index (χ0v) is 19.0. The number of aryl methyl sites for hydroxylation is 1. The normalized spacial score (nSPS) is 17.0. The maximum absolute atomic E-state index is 13.0. The van der Waals surface area contributed by atoms with Gasteiger partial charge in [0.2, 0.25) is 5.78 Å². The minimum absolute atomic E-state index is 0.249. The summed E-state index contributed by atoms with van der Waals surface area (Å²) >= 11 is 1.18. The molecule has 1 N–H and O–H groups in total. The molecule has 3 aromatic rings. The third kappa shape index (κ3) is 4.17. The number of aromatic amines is 1. The number of sulfonamides is 1. The number of rotatable bonds is 6. The average Bonchev–Trinajstić information content (AvgIpc) is 3.41. The van der Waals surface area contributed by atoms with E-state index >= 15 is 0 Å². The van der Waals surface area contributed by atoms with Crippen LogP contribution in [0.3, 0.4) is 0 Å². The number of Topliss-reactive ketones (excluding diaryl/α,β-unsaturated/α-hetero) is 1. The summed E-state index contributed by atoms with van der Waals surface area (Å²) < 4.78 is 32.5. The van der Waals surface area contributed by atoms with Gasteiger partial charge in [-0.2, -0.15) is 4.31 Å². The fraction of sp³-hybridized carbons (Fsp3) is 0.364. The maximum atomic E-state index is 13.0. The highest BCUT2D eigenvalue weighted by Crippen LogP contribution is 2.28. The Bertz CT molecular complexity index is 1210. The van der Waals surface area contributed by atoms with E-state index in [-0.39, 0.29) is 18.9 Å². The van der Waals surface area contributed by atoms with E-state index in [1.54, 1.807) is 24.4 Å². The van der Waals surface area contributed by atoms with Crippen molar-refractivity contribution >= 4 is 44.0 Å². The number of hydrogen-bond acceptors (Lipinski definition) is 6. The summed E-state index contributed by atoms with van der Waals surface area (Å²) in [5, 5.41) is 2.53. The number of piperidine rings is 1. The van der Waals surface area contributed by atoms with Crippen LogP contribution in [-0.2, 0) is 19.6 Å². The molecule has 0 radical (unpaired) electrons. The monoisotopic (exact) mass is 460 g/mol. The van der Waals surface area contributed by atoms with Crippen LogP contribution in [0.1, 0.15) is 35.8 Å². The van der Waals surface area contributed by atoms with E-state index in [9.17, 15) is 18.0 Å². The lowest BCUT2D eigenvalue weighted by molar-refractivity contribution is -0.152. The van der Waals surface area contributed by atoms with Crippen LogP contribution in [0.4, 0.5) is 0 Å². The molecule has 0 bridgehead atoms. The minimum atomic E-state index is -3.52. The average molecular weight is 461 g/mol. The molecule has 4 rings (SSSR count). The first-order valence-electron chi connectivity index (χ1n) is 10.1. The van der Waals surface area contributed by atoms with Crippen LogP contribution in [0, 0.1) is 12.8 Å². The third-order valence-electron chi connectivity index (χ3n) is 5.68. The van der Waals surface area contributed by atoms with E-state index < -0.39 is 28.0 Å². The number of benzene rings is 1. The van der Waals surface area contributed by atoms with E-state index in [1.165, 1.54) is 15.6 Å². The molecule has 0 spiro atoms. The van der Waals surface area contributed by atoms with Crippen molar-refractivity contribution in [3.63, 3.8) is 0 Å². The van der Waals surface area contributed by atoms with Gasteiger partial charge < -0.3 is 9.72 Å². The molecular weight excluding hydrogens is 436 g/mol. The number of ether oxygens (including phenoxy) is 1. The predicted molar refractivity (Wildman–Crippen MR) is 119 cm³/mol. The Kier molecular flexibility index (Phi) is 6.00. The minimum Gasteiger partial charge on any atom is -0.454 e. The Hall–Kier alpha value is -2.49. The van der Waals surface area contributed by atoms with E-state index in [0.29, 0.717) is 22.6 Å². The van der Waals surface area contributed by atoms with Gasteiger partial charge in [-0.3, -0.25) is 9.59 Å². The topological polar surface area (TPSA) is 96.5 Å². The Morgan fingerprint density at radius 1 is 1.16 bits per heavy atom. The quantitative estimate of drug-likeness (QED) is 0.446. The molecule has 31 heavy (non-hydrogen) atoms. The van der Waals surface area contributed by atoms with Crippen molar-refractivity contribution in [2.45, 2.75) is 37.0 Å². The number of nitrogens with one attached hydrogen (secondary N) is 1. The van der Waals surface area contributed by atoms with Crippen molar-refractivity contribution in [2.24, 2.45) is 5.92 Å². The summed E-state index contributed by atoms with van der Waals surface area (Å²) in [4.78, 5) is 28.8. The fourth-order valence-corrected chi connectivity index (χ4v) is 6.61. The highest BCUT2D eigenvalue weighted by Gasteiger charge is 2.34.